The molecule has 1 aliphatic rings. The molecule has 5 nitrogen and oxygen atoms in total. The summed E-state index contributed by atoms with van der Waals surface area (Å²) in [6, 6.07) is 20.6. The number of hydrogen-bond acceptors (Lipinski definition) is 4. The van der Waals surface area contributed by atoms with Gasteiger partial charge in [-0.3, -0.25) is 4.79 Å². The largest absolute Gasteiger partial charge is 0.354 e. The zero-order valence-corrected chi connectivity index (χ0v) is 19.1. The van der Waals surface area contributed by atoms with Gasteiger partial charge in [0.2, 0.25) is 5.91 Å². The molecule has 5 heteroatoms. The fourth-order valence-electron chi connectivity index (χ4n) is 4.15. The molecule has 1 atom stereocenters. The zero-order chi connectivity index (χ0) is 22.3. The molecule has 1 aliphatic heterocycles. The molecule has 1 saturated heterocycles. The Morgan fingerprint density at radius 2 is 1.81 bits per heavy atom. The highest BCUT2D eigenvalue weighted by Crippen LogP contribution is 2.24. The molecule has 4 rings (SSSR count). The van der Waals surface area contributed by atoms with Crippen molar-refractivity contribution in [3.63, 3.8) is 0 Å². The summed E-state index contributed by atoms with van der Waals surface area (Å²) in [6.45, 7) is 5.84. The molecule has 166 valence electrons. The van der Waals surface area contributed by atoms with Gasteiger partial charge in [-0.2, -0.15) is 0 Å². The number of nitrogens with zero attached hydrogens (tertiary/aromatic N) is 3. The van der Waals surface area contributed by atoms with Crippen LogP contribution < -0.4 is 10.2 Å². The van der Waals surface area contributed by atoms with E-state index in [1.807, 2.05) is 24.3 Å². The predicted molar refractivity (Wildman–Crippen MR) is 131 cm³/mol. The van der Waals surface area contributed by atoms with Gasteiger partial charge in [0.05, 0.1) is 11.6 Å². The first-order valence-electron chi connectivity index (χ1n) is 11.7. The molecule has 0 bridgehead atoms. The van der Waals surface area contributed by atoms with Crippen molar-refractivity contribution in [3.8, 4) is 11.3 Å². The monoisotopic (exact) mass is 428 g/mol. The molecule has 1 aromatic heterocycles. The quantitative estimate of drug-likeness (QED) is 0.528. The van der Waals surface area contributed by atoms with E-state index in [0.29, 0.717) is 6.54 Å². The van der Waals surface area contributed by atoms with E-state index in [0.717, 1.165) is 48.6 Å². The molecule has 2 heterocycles. The van der Waals surface area contributed by atoms with Crippen LogP contribution in [0.1, 0.15) is 43.7 Å². The first-order chi connectivity index (χ1) is 15.6. The van der Waals surface area contributed by atoms with Crippen LogP contribution in [-0.4, -0.2) is 29.2 Å². The van der Waals surface area contributed by atoms with Crippen molar-refractivity contribution in [1.82, 2.24) is 10.2 Å². The van der Waals surface area contributed by atoms with Crippen molar-refractivity contribution in [2.45, 2.75) is 46.0 Å². The lowest BCUT2D eigenvalue weighted by Crippen LogP contribution is -2.41. The smallest absolute Gasteiger partial charge is 0.229 e. The van der Waals surface area contributed by atoms with E-state index >= 15 is 0 Å². The Balaban J connectivity index is 1.36. The van der Waals surface area contributed by atoms with Gasteiger partial charge in [-0.15, -0.1) is 10.2 Å². The molecule has 32 heavy (non-hydrogen) atoms. The lowest BCUT2D eigenvalue weighted by molar-refractivity contribution is -0.120. The summed E-state index contributed by atoms with van der Waals surface area (Å²) < 4.78 is 0. The maximum atomic E-state index is 12.9. The van der Waals surface area contributed by atoms with Gasteiger partial charge in [0.1, 0.15) is 0 Å². The van der Waals surface area contributed by atoms with Crippen LogP contribution >= 0.6 is 0 Å². The van der Waals surface area contributed by atoms with E-state index in [-0.39, 0.29) is 11.8 Å². The van der Waals surface area contributed by atoms with Gasteiger partial charge >= 0.3 is 0 Å². The van der Waals surface area contributed by atoms with Crippen LogP contribution in [0.2, 0.25) is 0 Å². The van der Waals surface area contributed by atoms with Crippen molar-refractivity contribution in [2.24, 2.45) is 5.92 Å². The zero-order valence-electron chi connectivity index (χ0n) is 19.1. The third kappa shape index (κ3) is 5.52. The number of anilines is 2. The van der Waals surface area contributed by atoms with Crippen LogP contribution in [0.15, 0.2) is 60.7 Å². The number of unbranched alkanes of at least 4 members (excludes halogenated alkanes) is 1. The molecule has 1 amide bonds. The summed E-state index contributed by atoms with van der Waals surface area (Å²) >= 11 is 0. The molecular formula is C27H32N4O. The molecule has 0 spiro atoms. The highest BCUT2D eigenvalue weighted by Gasteiger charge is 2.27. The van der Waals surface area contributed by atoms with Gasteiger partial charge in [0.25, 0.3) is 0 Å². The molecule has 0 radical (unpaired) electrons. The molecule has 1 N–H and O–H groups in total. The Hall–Kier alpha value is -3.21. The van der Waals surface area contributed by atoms with Gasteiger partial charge in [0.15, 0.2) is 5.82 Å². The Kier molecular flexibility index (Phi) is 7.15. The number of nitrogens with one attached hydrogen (secondary N) is 1. The average Bonchev–Trinajstić information content (AvgIpc) is 2.84. The molecule has 2 aromatic carbocycles. The highest BCUT2D eigenvalue weighted by molar-refractivity contribution is 5.93. The van der Waals surface area contributed by atoms with Crippen LogP contribution in [0.25, 0.3) is 11.3 Å². The molecule has 3 aromatic rings. The molecule has 0 aliphatic carbocycles. The van der Waals surface area contributed by atoms with Crippen molar-refractivity contribution in [2.75, 3.05) is 23.3 Å². The minimum Gasteiger partial charge on any atom is -0.354 e. The second kappa shape index (κ2) is 10.4. The van der Waals surface area contributed by atoms with Crippen LogP contribution in [0, 0.1) is 12.8 Å². The van der Waals surface area contributed by atoms with Gasteiger partial charge in [-0.25, -0.2) is 0 Å². The Morgan fingerprint density at radius 3 is 2.50 bits per heavy atom. The third-order valence-corrected chi connectivity index (χ3v) is 6.15. The number of aromatic nitrogens is 2. The normalized spacial score (nSPS) is 16.1. The van der Waals surface area contributed by atoms with E-state index in [4.69, 9.17) is 0 Å². The number of carbonyl (C=O) groups excluding carboxylic acids is 1. The fourth-order valence-corrected chi connectivity index (χ4v) is 4.15. The second-order valence-electron chi connectivity index (χ2n) is 8.72. The van der Waals surface area contributed by atoms with Gasteiger partial charge in [0, 0.05) is 24.3 Å². The number of aryl methyl sites for hydroxylation is 2. The summed E-state index contributed by atoms with van der Waals surface area (Å²) in [7, 11) is 0. The van der Waals surface area contributed by atoms with E-state index in [9.17, 15) is 4.79 Å². The first-order valence-corrected chi connectivity index (χ1v) is 11.7. The number of piperidine rings is 1. The Morgan fingerprint density at radius 1 is 1.03 bits per heavy atom. The van der Waals surface area contributed by atoms with Crippen molar-refractivity contribution < 1.29 is 4.79 Å². The van der Waals surface area contributed by atoms with E-state index < -0.39 is 0 Å². The van der Waals surface area contributed by atoms with Gasteiger partial charge < -0.3 is 10.2 Å². The van der Waals surface area contributed by atoms with E-state index in [1.54, 1.807) is 0 Å². The van der Waals surface area contributed by atoms with Gasteiger partial charge in [-0.1, -0.05) is 55.3 Å². The summed E-state index contributed by atoms with van der Waals surface area (Å²) in [4.78, 5) is 15.1. The maximum Gasteiger partial charge on any atom is 0.229 e. The molecule has 1 fully saturated rings. The highest BCUT2D eigenvalue weighted by atomic mass is 16.1. The van der Waals surface area contributed by atoms with E-state index in [1.165, 1.54) is 24.0 Å². The lowest BCUT2D eigenvalue weighted by atomic mass is 9.97. The first kappa shape index (κ1) is 22.0. The number of rotatable bonds is 7. The van der Waals surface area contributed by atoms with Gasteiger partial charge in [-0.05, 0) is 62.4 Å². The topological polar surface area (TPSA) is 58.1 Å². The SMILES string of the molecule is CCCCc1ccc(NC(=O)[C@@H]2CCCN(c3ccc(-c4ccc(C)cc4)nn3)C2)cc1. The number of carbonyl (C=O) groups is 1. The number of hydrogen-bond donors (Lipinski definition) is 1. The molecule has 0 saturated carbocycles. The molecular weight excluding hydrogens is 396 g/mol. The summed E-state index contributed by atoms with van der Waals surface area (Å²) in [6.07, 6.45) is 5.33. The van der Waals surface area contributed by atoms with Crippen molar-refractivity contribution in [3.05, 3.63) is 71.8 Å². The molecule has 0 unspecified atom stereocenters. The van der Waals surface area contributed by atoms with Crippen molar-refractivity contribution in [1.29, 1.82) is 0 Å². The Labute approximate surface area is 190 Å². The standard InChI is InChI=1S/C27H32N4O/c1-3-4-6-21-10-14-24(15-11-21)28-27(32)23-7-5-18-31(19-23)26-17-16-25(29-30-26)22-12-8-20(2)9-13-22/h8-17,23H,3-7,18-19H2,1-2H3,(H,28,32)/t23-/m1/s1. The van der Waals surface area contributed by atoms with Crippen molar-refractivity contribution >= 4 is 17.4 Å². The minimum atomic E-state index is -0.0536. The Bertz CT molecular complexity index is 1010. The fraction of sp³-hybridized carbons (Fsp3) is 0.370. The van der Waals surface area contributed by atoms with Crippen LogP contribution in [0.5, 0.6) is 0 Å². The van der Waals surface area contributed by atoms with Crippen LogP contribution in [0.4, 0.5) is 11.5 Å². The maximum absolute atomic E-state index is 12.9. The third-order valence-electron chi connectivity index (χ3n) is 6.15. The number of amides is 1. The summed E-state index contributed by atoms with van der Waals surface area (Å²) in [5.74, 6) is 0.862. The van der Waals surface area contributed by atoms with Crippen LogP contribution in [0.3, 0.4) is 0 Å². The summed E-state index contributed by atoms with van der Waals surface area (Å²) in [5.41, 5.74) is 5.34. The predicted octanol–water partition coefficient (Wildman–Crippen LogP) is 5.65. The average molecular weight is 429 g/mol. The van der Waals surface area contributed by atoms with E-state index in [2.05, 4.69) is 70.7 Å². The lowest BCUT2D eigenvalue weighted by Gasteiger charge is -2.32. The number of benzene rings is 2. The second-order valence-corrected chi connectivity index (χ2v) is 8.72. The van der Waals surface area contributed by atoms with Crippen LogP contribution in [-0.2, 0) is 11.2 Å². The minimum absolute atomic E-state index is 0.0536. The summed E-state index contributed by atoms with van der Waals surface area (Å²) in [5, 5.41) is 12.0.